The number of thiophene rings is 2. The molecule has 5 heteroatoms. The summed E-state index contributed by atoms with van der Waals surface area (Å²) in [4.78, 5) is 10.9. The molecule has 0 saturated heterocycles. The summed E-state index contributed by atoms with van der Waals surface area (Å²) in [6.07, 6.45) is 0. The lowest BCUT2D eigenvalue weighted by Crippen LogP contribution is -1.95. The normalized spacial score (nSPS) is 11.9. The van der Waals surface area contributed by atoms with E-state index in [0.717, 1.165) is 43.6 Å². The van der Waals surface area contributed by atoms with Gasteiger partial charge in [0.05, 0.1) is 26.9 Å². The highest BCUT2D eigenvalue weighted by Gasteiger charge is 2.21. The first-order valence-corrected chi connectivity index (χ1v) is 22.2. The van der Waals surface area contributed by atoms with Crippen molar-refractivity contribution in [3.05, 3.63) is 200 Å². The first kappa shape index (κ1) is 34.4. The number of hydrogen-bond acceptors (Lipinski definition) is 4. The van der Waals surface area contributed by atoms with E-state index in [-0.39, 0.29) is 0 Å². The predicted molar refractivity (Wildman–Crippen MR) is 261 cm³/mol. The number of aromatic nitrogens is 3. The maximum atomic E-state index is 5.47. The summed E-state index contributed by atoms with van der Waals surface area (Å²) >= 11 is 3.62. The van der Waals surface area contributed by atoms with Gasteiger partial charge >= 0.3 is 0 Å². The van der Waals surface area contributed by atoms with Gasteiger partial charge in [-0.05, 0) is 87.6 Å². The molecule has 0 saturated carbocycles. The molecule has 9 aromatic carbocycles. The Bertz CT molecular complexity index is 3860. The lowest BCUT2D eigenvalue weighted by molar-refractivity contribution is 1.18. The molecule has 0 aliphatic rings. The van der Waals surface area contributed by atoms with Crippen molar-refractivity contribution in [3.8, 4) is 50.6 Å². The van der Waals surface area contributed by atoms with Crippen molar-refractivity contribution in [1.29, 1.82) is 0 Å². The van der Waals surface area contributed by atoms with Gasteiger partial charge in [-0.25, -0.2) is 9.97 Å². The van der Waals surface area contributed by atoms with Gasteiger partial charge in [0.1, 0.15) is 0 Å². The summed E-state index contributed by atoms with van der Waals surface area (Å²) < 4.78 is 7.20. The van der Waals surface area contributed by atoms with Crippen LogP contribution in [0.1, 0.15) is 0 Å². The second-order valence-corrected chi connectivity index (χ2v) is 17.8. The van der Waals surface area contributed by atoms with E-state index in [1.54, 1.807) is 11.3 Å². The Labute approximate surface area is 359 Å². The van der Waals surface area contributed by atoms with Gasteiger partial charge in [-0.1, -0.05) is 146 Å². The lowest BCUT2D eigenvalue weighted by atomic mass is 9.96. The van der Waals surface area contributed by atoms with Gasteiger partial charge in [0.2, 0.25) is 0 Å². The monoisotopic (exact) mass is 811 g/mol. The molecule has 13 rings (SSSR count). The highest BCUT2D eigenvalue weighted by Crippen LogP contribution is 2.46. The topological polar surface area (TPSA) is 30.7 Å². The van der Waals surface area contributed by atoms with E-state index >= 15 is 0 Å². The summed E-state index contributed by atoms with van der Waals surface area (Å²) in [7, 11) is 0. The summed E-state index contributed by atoms with van der Waals surface area (Å²) in [5.41, 5.74) is 12.5. The van der Waals surface area contributed by atoms with E-state index in [9.17, 15) is 0 Å². The highest BCUT2D eigenvalue weighted by atomic mass is 32.1. The maximum absolute atomic E-state index is 5.47. The average molecular weight is 812 g/mol. The second-order valence-electron chi connectivity index (χ2n) is 15.7. The van der Waals surface area contributed by atoms with Crippen LogP contribution in [0.3, 0.4) is 0 Å². The molecule has 13 aromatic rings. The van der Waals surface area contributed by atoms with Gasteiger partial charge in [-0.2, -0.15) is 0 Å². The minimum Gasteiger partial charge on any atom is -0.309 e. The van der Waals surface area contributed by atoms with Crippen molar-refractivity contribution in [2.45, 2.75) is 0 Å². The molecule has 0 amide bonds. The van der Waals surface area contributed by atoms with Crippen molar-refractivity contribution in [1.82, 2.24) is 14.5 Å². The molecule has 0 radical (unpaired) electrons. The number of rotatable bonds is 5. The Morgan fingerprint density at radius 1 is 0.361 bits per heavy atom. The molecule has 61 heavy (non-hydrogen) atoms. The largest absolute Gasteiger partial charge is 0.309 e. The van der Waals surface area contributed by atoms with Gasteiger partial charge in [-0.3, -0.25) is 0 Å². The van der Waals surface area contributed by atoms with Crippen LogP contribution in [0.2, 0.25) is 0 Å². The van der Waals surface area contributed by atoms with E-state index in [0.29, 0.717) is 0 Å². The van der Waals surface area contributed by atoms with Crippen molar-refractivity contribution in [3.63, 3.8) is 0 Å². The van der Waals surface area contributed by atoms with E-state index in [1.807, 2.05) is 11.3 Å². The zero-order valence-corrected chi connectivity index (χ0v) is 34.3. The Morgan fingerprint density at radius 2 is 0.951 bits per heavy atom. The molecule has 0 aliphatic heterocycles. The molecule has 0 bridgehead atoms. The predicted octanol–water partition coefficient (Wildman–Crippen LogP) is 16.1. The van der Waals surface area contributed by atoms with E-state index in [2.05, 4.69) is 205 Å². The molecule has 0 atom stereocenters. The van der Waals surface area contributed by atoms with Gasteiger partial charge < -0.3 is 4.57 Å². The number of nitrogens with zero attached hydrogens (tertiary/aromatic N) is 3. The van der Waals surface area contributed by atoms with E-state index in [4.69, 9.17) is 9.97 Å². The molecule has 3 nitrogen and oxygen atoms in total. The summed E-state index contributed by atoms with van der Waals surface area (Å²) in [5.74, 6) is 0.748. The molecule has 0 spiro atoms. The highest BCUT2D eigenvalue weighted by molar-refractivity contribution is 7.26. The van der Waals surface area contributed by atoms with Gasteiger partial charge in [-0.15, -0.1) is 22.7 Å². The number of para-hydroxylation sites is 2. The summed E-state index contributed by atoms with van der Waals surface area (Å²) in [6, 6.07) is 72.5. The lowest BCUT2D eigenvalue weighted by Gasteiger charge is -2.11. The van der Waals surface area contributed by atoms with Crippen molar-refractivity contribution >= 4 is 95.7 Å². The Hall–Kier alpha value is -7.44. The van der Waals surface area contributed by atoms with Crippen LogP contribution in [0, 0.1) is 0 Å². The van der Waals surface area contributed by atoms with E-state index < -0.39 is 0 Å². The first-order chi connectivity index (χ1) is 30.2. The van der Waals surface area contributed by atoms with Crippen LogP contribution >= 0.6 is 22.7 Å². The Balaban J connectivity index is 0.986. The van der Waals surface area contributed by atoms with Crippen LogP contribution in [0.15, 0.2) is 200 Å². The molecule has 4 heterocycles. The van der Waals surface area contributed by atoms with Gasteiger partial charge in [0.15, 0.2) is 5.82 Å². The smallest absolute Gasteiger partial charge is 0.161 e. The number of hydrogen-bond donors (Lipinski definition) is 0. The summed E-state index contributed by atoms with van der Waals surface area (Å²) in [5, 5.41) is 8.59. The third kappa shape index (κ3) is 5.41. The SMILES string of the molecule is c1ccc(-c2ccc(-c3nc(-c4cc5sc6ccc(-c7ccc8c(c7)c7ccccc7n8-c7ccccc7)cc6c5c5ccccc45)nc4c3sc3ccccc34)cc2)cc1. The molecule has 0 fully saturated rings. The summed E-state index contributed by atoms with van der Waals surface area (Å²) in [6.45, 7) is 0. The van der Waals surface area contributed by atoms with Crippen LogP contribution in [-0.2, 0) is 0 Å². The molecule has 284 valence electrons. The third-order valence-corrected chi connectivity index (χ3v) is 14.5. The molecule has 4 aromatic heterocycles. The van der Waals surface area contributed by atoms with Crippen molar-refractivity contribution in [2.24, 2.45) is 0 Å². The van der Waals surface area contributed by atoms with Gasteiger partial charge in [0, 0.05) is 57.8 Å². The number of benzene rings is 9. The molecular weight excluding hydrogens is 779 g/mol. The fourth-order valence-corrected chi connectivity index (χ4v) is 11.7. The van der Waals surface area contributed by atoms with Crippen molar-refractivity contribution < 1.29 is 0 Å². The quantitative estimate of drug-likeness (QED) is 0.173. The third-order valence-electron chi connectivity index (χ3n) is 12.2. The zero-order valence-electron chi connectivity index (χ0n) is 32.7. The standard InChI is InChI=1S/C56H33N3S2/c1-3-13-34(14-4-1)35-23-25-36(26-24-35)53-55-54(43-20-10-12-22-49(43)61-55)58-56(57-53)45-33-51-52(42-19-8-7-17-40(42)45)46-32-38(28-30-50(46)60-51)37-27-29-48-44(31-37)41-18-9-11-21-47(41)59(48)39-15-5-2-6-16-39/h1-33H. The average Bonchev–Trinajstić information content (AvgIpc) is 4.01. The van der Waals surface area contributed by atoms with E-state index in [1.165, 1.54) is 80.0 Å². The van der Waals surface area contributed by atoms with Gasteiger partial charge in [0.25, 0.3) is 0 Å². The molecule has 0 unspecified atom stereocenters. The first-order valence-electron chi connectivity index (χ1n) is 20.6. The zero-order chi connectivity index (χ0) is 40.0. The van der Waals surface area contributed by atoms with Crippen LogP contribution < -0.4 is 0 Å². The Morgan fingerprint density at radius 3 is 1.77 bits per heavy atom. The van der Waals surface area contributed by atoms with Crippen LogP contribution in [0.5, 0.6) is 0 Å². The fourth-order valence-electron chi connectivity index (χ4n) is 9.37. The fraction of sp³-hybridized carbons (Fsp3) is 0. The number of fused-ring (bicyclic) bond motifs is 11. The second kappa shape index (κ2) is 13.5. The van der Waals surface area contributed by atoms with Crippen molar-refractivity contribution in [2.75, 3.05) is 0 Å². The maximum Gasteiger partial charge on any atom is 0.161 e. The minimum atomic E-state index is 0.748. The van der Waals surface area contributed by atoms with Crippen LogP contribution in [0.4, 0.5) is 0 Å². The minimum absolute atomic E-state index is 0.748. The van der Waals surface area contributed by atoms with Crippen LogP contribution in [0.25, 0.3) is 124 Å². The molecule has 0 N–H and O–H groups in total. The van der Waals surface area contributed by atoms with Crippen LogP contribution in [-0.4, -0.2) is 14.5 Å². The molecular formula is C56H33N3S2. The molecule has 0 aliphatic carbocycles. The Kier molecular flexibility index (Phi) is 7.65.